The number of hydrogen-bond donors (Lipinski definition) is 1. The summed E-state index contributed by atoms with van der Waals surface area (Å²) >= 11 is 0. The highest BCUT2D eigenvalue weighted by Crippen LogP contribution is 2.26. The number of benzene rings is 2. The van der Waals surface area contributed by atoms with Crippen LogP contribution >= 0.6 is 0 Å². The first-order chi connectivity index (χ1) is 17.9. The van der Waals surface area contributed by atoms with Crippen molar-refractivity contribution >= 4 is 15.9 Å². The lowest BCUT2D eigenvalue weighted by Gasteiger charge is -2.34. The van der Waals surface area contributed by atoms with Gasteiger partial charge in [0.25, 0.3) is 5.91 Å². The van der Waals surface area contributed by atoms with E-state index < -0.39 is 38.0 Å². The van der Waals surface area contributed by atoms with Gasteiger partial charge in [0.1, 0.15) is 16.3 Å². The molecular weight excluding hydrogens is 498 g/mol. The van der Waals surface area contributed by atoms with Crippen LogP contribution in [0, 0.1) is 11.6 Å². The molecule has 0 unspecified atom stereocenters. The van der Waals surface area contributed by atoms with E-state index in [0.717, 1.165) is 64.2 Å². The molecule has 0 atom stereocenters. The molecule has 1 amide bonds. The zero-order chi connectivity index (χ0) is 26.3. The van der Waals surface area contributed by atoms with Crippen molar-refractivity contribution in [1.82, 2.24) is 19.4 Å². The van der Waals surface area contributed by atoms with Crippen LogP contribution in [0.25, 0.3) is 0 Å². The largest absolute Gasteiger partial charge is 0.352 e. The Morgan fingerprint density at radius 2 is 1.49 bits per heavy atom. The van der Waals surface area contributed by atoms with E-state index in [2.05, 4.69) is 27.2 Å². The molecule has 7 nitrogen and oxygen atoms in total. The van der Waals surface area contributed by atoms with Crippen LogP contribution in [0.1, 0.15) is 48.0 Å². The second-order valence-electron chi connectivity index (χ2n) is 9.77. The second-order valence-corrected chi connectivity index (χ2v) is 11.7. The van der Waals surface area contributed by atoms with Crippen molar-refractivity contribution < 1.29 is 22.0 Å². The molecule has 2 fully saturated rings. The molecule has 10 heteroatoms. The summed E-state index contributed by atoms with van der Waals surface area (Å²) in [6, 6.07) is 12.1. The minimum Gasteiger partial charge on any atom is -0.352 e. The fourth-order valence-corrected chi connectivity index (χ4v) is 6.55. The predicted octanol–water partition coefficient (Wildman–Crippen LogP) is 3.47. The summed E-state index contributed by atoms with van der Waals surface area (Å²) in [5.74, 6) is -3.33. The molecule has 2 aromatic carbocycles. The number of hydrogen-bond acceptors (Lipinski definition) is 5. The third kappa shape index (κ3) is 7.13. The van der Waals surface area contributed by atoms with Crippen LogP contribution in [0.5, 0.6) is 0 Å². The number of nitrogens with zero attached hydrogens (tertiary/aromatic N) is 3. The molecule has 0 aliphatic carbocycles. The van der Waals surface area contributed by atoms with Crippen LogP contribution in [0.15, 0.2) is 47.4 Å². The van der Waals surface area contributed by atoms with Gasteiger partial charge in [-0.15, -0.1) is 0 Å². The summed E-state index contributed by atoms with van der Waals surface area (Å²) in [6.45, 7) is 6.25. The Hall–Kier alpha value is -2.40. The lowest BCUT2D eigenvalue weighted by Crippen LogP contribution is -2.46. The van der Waals surface area contributed by atoms with E-state index in [0.29, 0.717) is 32.4 Å². The molecule has 2 heterocycles. The first-order valence-electron chi connectivity index (χ1n) is 13.1. The van der Waals surface area contributed by atoms with Crippen LogP contribution in [0.4, 0.5) is 8.78 Å². The van der Waals surface area contributed by atoms with E-state index in [4.69, 9.17) is 0 Å². The molecule has 4 rings (SSSR count). The van der Waals surface area contributed by atoms with Crippen molar-refractivity contribution in [2.75, 3.05) is 52.4 Å². The minimum absolute atomic E-state index is 0.241. The second kappa shape index (κ2) is 12.9. The third-order valence-corrected chi connectivity index (χ3v) is 9.03. The molecule has 202 valence electrons. The lowest BCUT2D eigenvalue weighted by molar-refractivity contribution is 0.0938. The molecule has 0 saturated carbocycles. The fraction of sp³-hybridized carbons (Fsp3) is 0.519. The van der Waals surface area contributed by atoms with E-state index >= 15 is 4.39 Å². The topological polar surface area (TPSA) is 73.0 Å². The number of nitrogens with one attached hydrogen (secondary N) is 1. The number of rotatable bonds is 9. The zero-order valence-corrected chi connectivity index (χ0v) is 22.0. The van der Waals surface area contributed by atoms with Crippen LogP contribution in [-0.4, -0.2) is 80.8 Å². The Balaban J connectivity index is 1.27. The number of carbonyl (C=O) groups is 1. The molecule has 2 aliphatic heterocycles. The Morgan fingerprint density at radius 1 is 0.838 bits per heavy atom. The monoisotopic (exact) mass is 534 g/mol. The van der Waals surface area contributed by atoms with Crippen LogP contribution < -0.4 is 5.32 Å². The van der Waals surface area contributed by atoms with Crippen molar-refractivity contribution in [2.24, 2.45) is 0 Å². The molecule has 0 spiro atoms. The first-order valence-corrected chi connectivity index (χ1v) is 14.6. The Kier molecular flexibility index (Phi) is 9.64. The Labute approximate surface area is 218 Å². The van der Waals surface area contributed by atoms with E-state index in [-0.39, 0.29) is 6.54 Å². The maximum atomic E-state index is 15.2. The van der Waals surface area contributed by atoms with E-state index in [9.17, 15) is 17.6 Å². The van der Waals surface area contributed by atoms with Gasteiger partial charge in [-0.25, -0.2) is 17.2 Å². The predicted molar refractivity (Wildman–Crippen MR) is 139 cm³/mol. The normalized spacial score (nSPS) is 18.4. The molecule has 0 bridgehead atoms. The fourth-order valence-electron chi connectivity index (χ4n) is 4.97. The van der Waals surface area contributed by atoms with Crippen molar-refractivity contribution in [1.29, 1.82) is 0 Å². The van der Waals surface area contributed by atoms with Crippen molar-refractivity contribution in [3.63, 3.8) is 0 Å². The number of sulfonamides is 1. The highest BCUT2D eigenvalue weighted by molar-refractivity contribution is 7.89. The van der Waals surface area contributed by atoms with Gasteiger partial charge in [0.15, 0.2) is 5.82 Å². The molecular formula is C27H36F2N4O3S. The molecule has 2 aromatic rings. The molecule has 0 radical (unpaired) electrons. The minimum atomic E-state index is -4.15. The van der Waals surface area contributed by atoms with Gasteiger partial charge in [-0.3, -0.25) is 9.69 Å². The zero-order valence-electron chi connectivity index (χ0n) is 21.2. The van der Waals surface area contributed by atoms with Gasteiger partial charge in [-0.05, 0) is 43.5 Å². The molecule has 1 N–H and O–H groups in total. The van der Waals surface area contributed by atoms with Gasteiger partial charge >= 0.3 is 0 Å². The maximum Gasteiger partial charge on any atom is 0.257 e. The number of piperazine rings is 1. The molecule has 2 saturated heterocycles. The van der Waals surface area contributed by atoms with E-state index in [1.807, 2.05) is 18.2 Å². The third-order valence-electron chi connectivity index (χ3n) is 7.12. The van der Waals surface area contributed by atoms with Crippen LogP contribution in [-0.2, 0) is 16.6 Å². The number of amides is 1. The van der Waals surface area contributed by atoms with E-state index in [1.165, 1.54) is 9.87 Å². The van der Waals surface area contributed by atoms with Gasteiger partial charge in [-0.2, -0.15) is 4.31 Å². The summed E-state index contributed by atoms with van der Waals surface area (Å²) in [5, 5.41) is 2.57. The quantitative estimate of drug-likeness (QED) is 0.499. The number of carbonyl (C=O) groups excluding carboxylic acids is 1. The molecule has 2 aliphatic rings. The highest BCUT2D eigenvalue weighted by Gasteiger charge is 2.32. The lowest BCUT2D eigenvalue weighted by atomic mass is 10.1. The van der Waals surface area contributed by atoms with Crippen LogP contribution in [0.3, 0.4) is 0 Å². The summed E-state index contributed by atoms with van der Waals surface area (Å²) in [5.41, 5.74) is 0.451. The highest BCUT2D eigenvalue weighted by atomic mass is 32.2. The van der Waals surface area contributed by atoms with Crippen molar-refractivity contribution in [2.45, 2.75) is 43.5 Å². The Bertz CT molecular complexity index is 1150. The molecule has 37 heavy (non-hydrogen) atoms. The maximum absolute atomic E-state index is 15.2. The summed E-state index contributed by atoms with van der Waals surface area (Å²) in [6.07, 6.45) is 3.83. The number of halogens is 2. The standard InChI is InChI=1S/C27H36F2N4O3S/c28-23-11-12-24(37(35,36)33-15-6-1-2-7-16-33)26(29)25(23)27(34)30-13-8-14-31-17-19-32(20-18-31)21-22-9-4-3-5-10-22/h3-5,9-12H,1-2,6-8,13-21H2,(H,30,34). The van der Waals surface area contributed by atoms with Gasteiger partial charge in [0.05, 0.1) is 0 Å². The summed E-state index contributed by atoms with van der Waals surface area (Å²) in [7, 11) is -4.15. The van der Waals surface area contributed by atoms with Crippen LogP contribution in [0.2, 0.25) is 0 Å². The summed E-state index contributed by atoms with van der Waals surface area (Å²) in [4.78, 5) is 16.7. The van der Waals surface area contributed by atoms with Gasteiger partial charge in [0, 0.05) is 52.4 Å². The van der Waals surface area contributed by atoms with Gasteiger partial charge in [-0.1, -0.05) is 43.2 Å². The summed E-state index contributed by atoms with van der Waals surface area (Å²) < 4.78 is 57.0. The van der Waals surface area contributed by atoms with Crippen molar-refractivity contribution in [3.05, 3.63) is 65.2 Å². The molecule has 0 aromatic heterocycles. The average Bonchev–Trinajstić information content (AvgIpc) is 3.19. The Morgan fingerprint density at radius 3 is 2.16 bits per heavy atom. The van der Waals surface area contributed by atoms with E-state index in [1.54, 1.807) is 0 Å². The van der Waals surface area contributed by atoms with Crippen molar-refractivity contribution in [3.8, 4) is 0 Å². The SMILES string of the molecule is O=C(NCCCN1CCN(Cc2ccccc2)CC1)c1c(F)ccc(S(=O)(=O)N2CCCCCC2)c1F. The first kappa shape index (κ1) is 27.6. The van der Waals surface area contributed by atoms with Gasteiger partial charge < -0.3 is 10.2 Å². The average molecular weight is 535 g/mol. The smallest absolute Gasteiger partial charge is 0.257 e. The van der Waals surface area contributed by atoms with Gasteiger partial charge in [0.2, 0.25) is 10.0 Å².